The topological polar surface area (TPSA) is 104 Å². The van der Waals surface area contributed by atoms with Gasteiger partial charge in [-0.05, 0) is 50.7 Å². The van der Waals surface area contributed by atoms with Crippen molar-refractivity contribution >= 4 is 31.3 Å². The predicted octanol–water partition coefficient (Wildman–Crippen LogP) is 2.17. The van der Waals surface area contributed by atoms with E-state index in [4.69, 9.17) is 0 Å². The van der Waals surface area contributed by atoms with Crippen molar-refractivity contribution in [1.29, 1.82) is 0 Å². The van der Waals surface area contributed by atoms with E-state index in [1.165, 1.54) is 24.9 Å². The molecule has 0 spiro atoms. The number of Topliss-reactive ketones (excluding diaryl/α,β-unsaturated/α-hetero) is 1. The van der Waals surface area contributed by atoms with E-state index in [1.54, 1.807) is 0 Å². The average molecular weight is 494 g/mol. The summed E-state index contributed by atoms with van der Waals surface area (Å²) in [4.78, 5) is 16.7. The highest BCUT2D eigenvalue weighted by Gasteiger charge is 2.24. The number of nitrogens with one attached hydrogen (secondary N) is 1. The first-order valence-electron chi connectivity index (χ1n) is 10.9. The van der Waals surface area contributed by atoms with Crippen LogP contribution >= 0.6 is 0 Å². The molecule has 1 aliphatic rings. The summed E-state index contributed by atoms with van der Waals surface area (Å²) >= 11 is 0. The Hall–Kier alpha value is -2.27. The minimum Gasteiger partial charge on any atom is -0.369 e. The lowest BCUT2D eigenvalue weighted by Crippen LogP contribution is -2.46. The van der Waals surface area contributed by atoms with Gasteiger partial charge in [0, 0.05) is 50.1 Å². The van der Waals surface area contributed by atoms with Crippen molar-refractivity contribution in [3.63, 3.8) is 0 Å². The molecule has 0 aromatic heterocycles. The molecule has 1 N–H and O–H groups in total. The molecule has 1 fully saturated rings. The van der Waals surface area contributed by atoms with Crippen LogP contribution in [0, 0.1) is 0 Å². The third-order valence-corrected chi connectivity index (χ3v) is 8.58. The zero-order chi connectivity index (χ0) is 24.1. The number of para-hydroxylation sites is 1. The zero-order valence-electron chi connectivity index (χ0n) is 19.0. The Morgan fingerprint density at radius 2 is 1.58 bits per heavy atom. The van der Waals surface area contributed by atoms with Crippen LogP contribution in [0.25, 0.3) is 0 Å². The molecule has 2 aromatic rings. The molecule has 0 saturated carbocycles. The molecule has 0 aliphatic carbocycles. The number of sulfonamides is 1. The van der Waals surface area contributed by atoms with Crippen molar-refractivity contribution in [1.82, 2.24) is 9.62 Å². The highest BCUT2D eigenvalue weighted by Crippen LogP contribution is 2.23. The van der Waals surface area contributed by atoms with E-state index in [0.29, 0.717) is 6.42 Å². The maximum absolute atomic E-state index is 12.6. The van der Waals surface area contributed by atoms with E-state index >= 15 is 0 Å². The number of anilines is 1. The molecule has 0 amide bonds. The molecule has 1 heterocycles. The quantitative estimate of drug-likeness (QED) is 0.400. The Kier molecular flexibility index (Phi) is 8.28. The number of ketones is 1. The largest absolute Gasteiger partial charge is 0.369 e. The first-order chi connectivity index (χ1) is 15.6. The van der Waals surface area contributed by atoms with Gasteiger partial charge in [0.25, 0.3) is 0 Å². The number of hydrogen-bond donors (Lipinski definition) is 1. The number of sulfone groups is 1. The monoisotopic (exact) mass is 493 g/mol. The van der Waals surface area contributed by atoms with Gasteiger partial charge in [-0.2, -0.15) is 0 Å². The lowest BCUT2D eigenvalue weighted by molar-refractivity contribution is 0.0977. The van der Waals surface area contributed by atoms with E-state index in [2.05, 4.69) is 26.7 Å². The summed E-state index contributed by atoms with van der Waals surface area (Å²) in [5, 5.41) is 0. The van der Waals surface area contributed by atoms with Crippen molar-refractivity contribution in [2.24, 2.45) is 0 Å². The molecule has 2 aromatic carbocycles. The van der Waals surface area contributed by atoms with Crippen LogP contribution in [0.3, 0.4) is 0 Å². The molecule has 0 unspecified atom stereocenters. The van der Waals surface area contributed by atoms with Gasteiger partial charge in [0.15, 0.2) is 15.6 Å². The second kappa shape index (κ2) is 10.8. The number of hydrogen-bond acceptors (Lipinski definition) is 7. The van der Waals surface area contributed by atoms with Gasteiger partial charge in [-0.25, -0.2) is 21.6 Å². The second-order valence-electron chi connectivity index (χ2n) is 8.19. The molecule has 1 aliphatic heterocycles. The normalized spacial score (nSPS) is 15.5. The van der Waals surface area contributed by atoms with Crippen LogP contribution in [-0.2, 0) is 19.9 Å². The minimum absolute atomic E-state index is 0.198. The summed E-state index contributed by atoms with van der Waals surface area (Å²) in [7, 11) is -6.58. The molecule has 8 nitrogen and oxygen atoms in total. The van der Waals surface area contributed by atoms with Gasteiger partial charge in [0.05, 0.1) is 4.90 Å². The van der Waals surface area contributed by atoms with E-state index in [-0.39, 0.29) is 22.7 Å². The number of piperazine rings is 1. The number of benzene rings is 2. The summed E-state index contributed by atoms with van der Waals surface area (Å²) in [5.74, 6) is -0.198. The highest BCUT2D eigenvalue weighted by atomic mass is 32.2. The van der Waals surface area contributed by atoms with Crippen molar-refractivity contribution in [3.8, 4) is 0 Å². The Balaban J connectivity index is 1.52. The number of carbonyl (C=O) groups excluding carboxylic acids is 1. The fourth-order valence-corrected chi connectivity index (χ4v) is 6.30. The first-order valence-corrected chi connectivity index (χ1v) is 14.3. The molecule has 0 radical (unpaired) electrons. The predicted molar refractivity (Wildman–Crippen MR) is 129 cm³/mol. The van der Waals surface area contributed by atoms with Crippen molar-refractivity contribution in [2.75, 3.05) is 50.9 Å². The molecular formula is C23H31N3O5S2. The number of nitrogens with zero attached hydrogens (tertiary/aromatic N) is 2. The number of carbonyl (C=O) groups is 1. The molecule has 10 heteroatoms. The molecule has 180 valence electrons. The number of rotatable bonds is 10. The second-order valence-corrected chi connectivity index (χ2v) is 12.0. The lowest BCUT2D eigenvalue weighted by Gasteiger charge is -2.36. The summed E-state index contributed by atoms with van der Waals surface area (Å²) in [5.41, 5.74) is 1.44. The van der Waals surface area contributed by atoms with Crippen LogP contribution in [0.5, 0.6) is 0 Å². The molecule has 3 rings (SSSR count). The molecule has 0 bridgehead atoms. The standard InChI is InChI=1S/C23H31N3O5S2/c1-24-33(30,31)23-18-19(11-12-22(23)32(2,28)29)21(27)10-6-7-13-25-14-16-26(17-15-25)20-8-4-3-5-9-20/h3-5,8-9,11-12,18,24H,6-7,10,13-17H2,1-2H3. The van der Waals surface area contributed by atoms with Crippen LogP contribution in [-0.4, -0.2) is 73.5 Å². The maximum Gasteiger partial charge on any atom is 0.241 e. The molecular weight excluding hydrogens is 462 g/mol. The highest BCUT2D eigenvalue weighted by molar-refractivity contribution is 7.93. The summed E-state index contributed by atoms with van der Waals surface area (Å²) in [6, 6.07) is 14.1. The van der Waals surface area contributed by atoms with E-state index in [0.717, 1.165) is 51.5 Å². The SMILES string of the molecule is CNS(=O)(=O)c1cc(C(=O)CCCCN2CCN(c3ccccc3)CC2)ccc1S(C)(=O)=O. The van der Waals surface area contributed by atoms with Crippen molar-refractivity contribution in [3.05, 3.63) is 54.1 Å². The third-order valence-electron chi connectivity index (χ3n) is 5.85. The Morgan fingerprint density at radius 1 is 0.909 bits per heavy atom. The summed E-state index contributed by atoms with van der Waals surface area (Å²) in [6.07, 6.45) is 2.76. The van der Waals surface area contributed by atoms with Gasteiger partial charge >= 0.3 is 0 Å². The third kappa shape index (κ3) is 6.63. The van der Waals surface area contributed by atoms with Crippen LogP contribution in [0.1, 0.15) is 29.6 Å². The van der Waals surface area contributed by atoms with Crippen LogP contribution in [0.2, 0.25) is 0 Å². The smallest absolute Gasteiger partial charge is 0.241 e. The van der Waals surface area contributed by atoms with Gasteiger partial charge in [0.1, 0.15) is 4.90 Å². The molecule has 33 heavy (non-hydrogen) atoms. The van der Waals surface area contributed by atoms with Gasteiger partial charge in [-0.15, -0.1) is 0 Å². The van der Waals surface area contributed by atoms with E-state index in [1.807, 2.05) is 18.2 Å². The Labute approximate surface area is 196 Å². The Morgan fingerprint density at radius 3 is 2.18 bits per heavy atom. The Bertz CT molecular complexity index is 1170. The van der Waals surface area contributed by atoms with Crippen molar-refractivity contribution in [2.45, 2.75) is 29.1 Å². The first kappa shape index (κ1) is 25.4. The van der Waals surface area contributed by atoms with Crippen LogP contribution < -0.4 is 9.62 Å². The number of unbranched alkanes of at least 4 members (excludes halogenated alkanes) is 1. The zero-order valence-corrected chi connectivity index (χ0v) is 20.7. The van der Waals surface area contributed by atoms with Gasteiger partial charge in [-0.3, -0.25) is 9.69 Å². The fraction of sp³-hybridized carbons (Fsp3) is 0.435. The lowest BCUT2D eigenvalue weighted by atomic mass is 10.1. The molecule has 1 saturated heterocycles. The fourth-order valence-electron chi connectivity index (χ4n) is 3.94. The molecule has 0 atom stereocenters. The van der Waals surface area contributed by atoms with Crippen LogP contribution in [0.15, 0.2) is 58.3 Å². The van der Waals surface area contributed by atoms with Gasteiger partial charge < -0.3 is 4.90 Å². The van der Waals surface area contributed by atoms with Crippen molar-refractivity contribution < 1.29 is 21.6 Å². The summed E-state index contributed by atoms with van der Waals surface area (Å²) in [6.45, 7) is 4.79. The summed E-state index contributed by atoms with van der Waals surface area (Å²) < 4.78 is 50.7. The minimum atomic E-state index is -4.02. The average Bonchev–Trinajstić information content (AvgIpc) is 2.81. The maximum atomic E-state index is 12.6. The van der Waals surface area contributed by atoms with Gasteiger partial charge in [0.2, 0.25) is 10.0 Å². The van der Waals surface area contributed by atoms with Crippen LogP contribution in [0.4, 0.5) is 5.69 Å². The van der Waals surface area contributed by atoms with E-state index in [9.17, 15) is 21.6 Å². The van der Waals surface area contributed by atoms with Gasteiger partial charge in [-0.1, -0.05) is 24.3 Å². The van der Waals surface area contributed by atoms with E-state index < -0.39 is 24.8 Å².